The van der Waals surface area contributed by atoms with Gasteiger partial charge in [-0.3, -0.25) is 0 Å². The van der Waals surface area contributed by atoms with Crippen molar-refractivity contribution in [2.75, 3.05) is 13.2 Å². The minimum absolute atomic E-state index is 0.0554. The van der Waals surface area contributed by atoms with E-state index in [-0.39, 0.29) is 19.3 Å². The lowest BCUT2D eigenvalue weighted by Crippen LogP contribution is -2.36. The van der Waals surface area contributed by atoms with Crippen molar-refractivity contribution < 1.29 is 14.0 Å². The lowest BCUT2D eigenvalue weighted by Gasteiger charge is -2.24. The zero-order valence-corrected chi connectivity index (χ0v) is 9.18. The molecule has 0 spiro atoms. The van der Waals surface area contributed by atoms with Gasteiger partial charge in [0.05, 0.1) is 18.5 Å². The van der Waals surface area contributed by atoms with Crippen LogP contribution in [0.25, 0.3) is 0 Å². The summed E-state index contributed by atoms with van der Waals surface area (Å²) in [4.78, 5) is 0. The maximum absolute atomic E-state index is 5.76. The van der Waals surface area contributed by atoms with Crippen molar-refractivity contribution in [1.82, 2.24) is 0 Å². The van der Waals surface area contributed by atoms with E-state index >= 15 is 0 Å². The zero-order chi connectivity index (χ0) is 11.1. The van der Waals surface area contributed by atoms with Crippen LogP contribution in [0.2, 0.25) is 0 Å². The molecule has 5 heteroatoms. The Labute approximate surface area is 94.9 Å². The Morgan fingerprint density at radius 2 is 2.38 bits per heavy atom. The second-order valence-electron chi connectivity index (χ2n) is 4.20. The molecule has 0 aromatic rings. The predicted octanol–water partition coefficient (Wildman–Crippen LogP) is 0.557. The van der Waals surface area contributed by atoms with Crippen molar-refractivity contribution in [2.24, 2.45) is 5.73 Å². The van der Waals surface area contributed by atoms with Gasteiger partial charge in [-0.05, 0) is 35.7 Å². The first kappa shape index (κ1) is 10.1. The lowest BCUT2D eigenvalue weighted by atomic mass is 9.70. The average molecular weight is 219 g/mol. The van der Waals surface area contributed by atoms with Gasteiger partial charge in [-0.15, -0.1) is 0 Å². The van der Waals surface area contributed by atoms with Crippen LogP contribution in [0.3, 0.4) is 0 Å². The van der Waals surface area contributed by atoms with Gasteiger partial charge in [0.15, 0.2) is 0 Å². The van der Waals surface area contributed by atoms with Crippen LogP contribution < -0.4 is 5.73 Å². The lowest BCUT2D eigenvalue weighted by molar-refractivity contribution is 0.151. The fourth-order valence-corrected chi connectivity index (χ4v) is 2.34. The quantitative estimate of drug-likeness (QED) is 0.654. The third kappa shape index (κ3) is 1.43. The van der Waals surface area contributed by atoms with Crippen molar-refractivity contribution >= 4 is 7.12 Å². The summed E-state index contributed by atoms with van der Waals surface area (Å²) in [6, 6.07) is 0. The van der Waals surface area contributed by atoms with Crippen LogP contribution >= 0.6 is 0 Å². The van der Waals surface area contributed by atoms with E-state index in [1.165, 1.54) is 5.57 Å². The number of hydrogen-bond acceptors (Lipinski definition) is 4. The fraction of sp³-hybridized carbons (Fsp3) is 0.455. The molecule has 0 bridgehead atoms. The number of ether oxygens (including phenoxy) is 1. The summed E-state index contributed by atoms with van der Waals surface area (Å²) in [5.74, 6) is 0. The van der Waals surface area contributed by atoms with Crippen LogP contribution in [0, 0.1) is 0 Å². The molecule has 3 aliphatic heterocycles. The first-order valence-electron chi connectivity index (χ1n) is 5.54. The third-order valence-corrected chi connectivity index (χ3v) is 3.19. The van der Waals surface area contributed by atoms with Crippen molar-refractivity contribution in [3.63, 3.8) is 0 Å². The first-order valence-corrected chi connectivity index (χ1v) is 5.54. The third-order valence-electron chi connectivity index (χ3n) is 3.19. The molecular weight excluding hydrogens is 205 g/mol. The summed E-state index contributed by atoms with van der Waals surface area (Å²) in [6.45, 7) is 3.07. The van der Waals surface area contributed by atoms with E-state index in [1.807, 2.05) is 19.1 Å². The molecule has 0 aliphatic carbocycles. The van der Waals surface area contributed by atoms with E-state index in [4.69, 9.17) is 19.8 Å². The standard InChI is InChI=1S/C11H14BNO3/c1-7-10-6-14-3-2-8-4-9(5-13)16-12(15-7)11(8)10/h2-4,7,9H,5-6,13H2,1H3. The molecule has 16 heavy (non-hydrogen) atoms. The van der Waals surface area contributed by atoms with Gasteiger partial charge < -0.3 is 19.8 Å². The maximum Gasteiger partial charge on any atom is 0.495 e. The van der Waals surface area contributed by atoms with Crippen LogP contribution in [-0.2, 0) is 14.0 Å². The molecule has 0 radical (unpaired) electrons. The molecule has 2 atom stereocenters. The van der Waals surface area contributed by atoms with Crippen LogP contribution in [0.15, 0.2) is 35.0 Å². The van der Waals surface area contributed by atoms with E-state index in [1.54, 1.807) is 6.26 Å². The van der Waals surface area contributed by atoms with Crippen molar-refractivity contribution in [2.45, 2.75) is 19.1 Å². The van der Waals surface area contributed by atoms with E-state index in [2.05, 4.69) is 0 Å². The number of hydrogen-bond donors (Lipinski definition) is 1. The SMILES string of the molecule is CC1OB2OC(CN)C=C3C=COCC1=C23. The Morgan fingerprint density at radius 1 is 1.50 bits per heavy atom. The summed E-state index contributed by atoms with van der Waals surface area (Å²) >= 11 is 0. The van der Waals surface area contributed by atoms with E-state index in [9.17, 15) is 0 Å². The minimum atomic E-state index is -0.273. The van der Waals surface area contributed by atoms with Gasteiger partial charge in [0, 0.05) is 6.54 Å². The normalized spacial score (nSPS) is 32.1. The van der Waals surface area contributed by atoms with Gasteiger partial charge in [0.2, 0.25) is 0 Å². The largest absolute Gasteiger partial charge is 0.497 e. The van der Waals surface area contributed by atoms with Gasteiger partial charge in [0.1, 0.15) is 6.61 Å². The monoisotopic (exact) mass is 219 g/mol. The zero-order valence-electron chi connectivity index (χ0n) is 9.18. The molecule has 3 aliphatic rings. The summed E-state index contributed by atoms with van der Waals surface area (Å²) in [5, 5.41) is 0. The second kappa shape index (κ2) is 3.77. The smallest absolute Gasteiger partial charge is 0.495 e. The number of nitrogens with two attached hydrogens (primary N) is 1. The van der Waals surface area contributed by atoms with Crippen molar-refractivity contribution in [1.29, 1.82) is 0 Å². The molecule has 0 aromatic heterocycles. The molecule has 3 heterocycles. The van der Waals surface area contributed by atoms with Gasteiger partial charge in [0.25, 0.3) is 0 Å². The molecule has 84 valence electrons. The molecule has 0 saturated heterocycles. The molecule has 2 N–H and O–H groups in total. The van der Waals surface area contributed by atoms with Crippen LogP contribution in [0.4, 0.5) is 0 Å². The van der Waals surface area contributed by atoms with Crippen molar-refractivity contribution in [3.8, 4) is 0 Å². The van der Waals surface area contributed by atoms with Crippen LogP contribution in [-0.4, -0.2) is 32.5 Å². The summed E-state index contributed by atoms with van der Waals surface area (Å²) < 4.78 is 16.9. The maximum atomic E-state index is 5.76. The summed E-state index contributed by atoms with van der Waals surface area (Å²) in [6.07, 6.45) is 5.71. The van der Waals surface area contributed by atoms with Gasteiger partial charge in [-0.2, -0.15) is 0 Å². The van der Waals surface area contributed by atoms with Crippen molar-refractivity contribution in [3.05, 3.63) is 35.0 Å². The Bertz CT molecular complexity index is 402. The molecular formula is C11H14BNO3. The summed E-state index contributed by atoms with van der Waals surface area (Å²) in [7, 11) is -0.273. The Kier molecular flexibility index (Phi) is 2.39. The Hall–Kier alpha value is -1.04. The predicted molar refractivity (Wildman–Crippen MR) is 60.4 cm³/mol. The van der Waals surface area contributed by atoms with Gasteiger partial charge in [-0.1, -0.05) is 0 Å². The molecule has 0 saturated carbocycles. The second-order valence-corrected chi connectivity index (χ2v) is 4.20. The molecule has 0 fully saturated rings. The van der Waals surface area contributed by atoms with Crippen LogP contribution in [0.1, 0.15) is 6.92 Å². The molecule has 3 rings (SSSR count). The number of rotatable bonds is 1. The van der Waals surface area contributed by atoms with E-state index < -0.39 is 0 Å². The minimum Gasteiger partial charge on any atom is -0.497 e. The molecule has 2 unspecified atom stereocenters. The average Bonchev–Trinajstić information content (AvgIpc) is 2.49. The Balaban J connectivity index is 2.06. The highest BCUT2D eigenvalue weighted by Crippen LogP contribution is 2.36. The highest BCUT2D eigenvalue weighted by atomic mass is 16.6. The fourth-order valence-electron chi connectivity index (χ4n) is 2.34. The molecule has 0 aromatic carbocycles. The van der Waals surface area contributed by atoms with Gasteiger partial charge >= 0.3 is 7.12 Å². The van der Waals surface area contributed by atoms with Crippen LogP contribution in [0.5, 0.6) is 0 Å². The molecule has 4 nitrogen and oxygen atoms in total. The Morgan fingerprint density at radius 3 is 3.19 bits per heavy atom. The first-order chi connectivity index (χ1) is 7.79. The summed E-state index contributed by atoms with van der Waals surface area (Å²) in [5.41, 5.74) is 9.07. The van der Waals surface area contributed by atoms with E-state index in [0.717, 1.165) is 11.0 Å². The highest BCUT2D eigenvalue weighted by molar-refractivity contribution is 6.57. The molecule has 0 amide bonds. The highest BCUT2D eigenvalue weighted by Gasteiger charge is 2.43. The number of allylic oxidation sites excluding steroid dienone is 3. The van der Waals surface area contributed by atoms with E-state index in [0.29, 0.717) is 13.2 Å². The topological polar surface area (TPSA) is 53.7 Å². The van der Waals surface area contributed by atoms with Gasteiger partial charge in [-0.25, -0.2) is 0 Å².